The van der Waals surface area contributed by atoms with Gasteiger partial charge in [0.1, 0.15) is 6.54 Å². The molecular weight excluding hydrogens is 234 g/mol. The number of nitrogens with two attached hydrogens (primary N) is 2. The molecule has 1 fully saturated rings. The van der Waals surface area contributed by atoms with Gasteiger partial charge in [-0.25, -0.2) is 0 Å². The lowest BCUT2D eigenvalue weighted by Gasteiger charge is -2.37. The Morgan fingerprint density at radius 1 is 1.50 bits per heavy atom. The molecule has 1 aromatic heterocycles. The highest BCUT2D eigenvalue weighted by atomic mass is 16.2. The molecule has 0 atom stereocenters. The van der Waals surface area contributed by atoms with Crippen molar-refractivity contribution in [2.75, 3.05) is 5.32 Å². The van der Waals surface area contributed by atoms with Crippen LogP contribution in [0.25, 0.3) is 0 Å². The maximum Gasteiger partial charge on any atom is 0.239 e. The molecule has 1 aromatic rings. The van der Waals surface area contributed by atoms with Crippen LogP contribution in [0.2, 0.25) is 0 Å². The van der Waals surface area contributed by atoms with E-state index in [9.17, 15) is 9.59 Å². The largest absolute Gasteiger partial charge is 0.368 e. The second kappa shape index (κ2) is 4.77. The summed E-state index contributed by atoms with van der Waals surface area (Å²) in [5, 5.41) is 6.62. The minimum Gasteiger partial charge on any atom is -0.368 e. The van der Waals surface area contributed by atoms with E-state index in [2.05, 4.69) is 10.4 Å². The van der Waals surface area contributed by atoms with E-state index in [1.54, 1.807) is 6.20 Å². The van der Waals surface area contributed by atoms with Crippen LogP contribution in [-0.2, 0) is 16.1 Å². The zero-order valence-corrected chi connectivity index (χ0v) is 10.1. The normalized spacial score (nSPS) is 16.9. The SMILES string of the molecule is NC(=O)Cn1cc(NC(=O)CC2(N)CCC2)cn1. The highest BCUT2D eigenvalue weighted by molar-refractivity contribution is 5.91. The molecule has 1 aliphatic carbocycles. The third-order valence-electron chi connectivity index (χ3n) is 3.10. The van der Waals surface area contributed by atoms with Crippen LogP contribution in [0, 0.1) is 0 Å². The molecule has 1 heterocycles. The summed E-state index contributed by atoms with van der Waals surface area (Å²) in [7, 11) is 0. The van der Waals surface area contributed by atoms with Gasteiger partial charge in [0.2, 0.25) is 11.8 Å². The summed E-state index contributed by atoms with van der Waals surface area (Å²) in [6.07, 6.45) is 6.22. The van der Waals surface area contributed by atoms with Gasteiger partial charge in [-0.3, -0.25) is 14.3 Å². The van der Waals surface area contributed by atoms with Crippen molar-refractivity contribution in [3.05, 3.63) is 12.4 Å². The van der Waals surface area contributed by atoms with Gasteiger partial charge < -0.3 is 16.8 Å². The van der Waals surface area contributed by atoms with Gasteiger partial charge in [-0.2, -0.15) is 5.10 Å². The lowest BCUT2D eigenvalue weighted by molar-refractivity contribution is -0.119. The number of aromatic nitrogens is 2. The highest BCUT2D eigenvalue weighted by Gasteiger charge is 2.34. The second-order valence-corrected chi connectivity index (χ2v) is 4.83. The Hall–Kier alpha value is -1.89. The fourth-order valence-corrected chi connectivity index (χ4v) is 2.01. The van der Waals surface area contributed by atoms with Gasteiger partial charge in [0, 0.05) is 18.2 Å². The summed E-state index contributed by atoms with van der Waals surface area (Å²) in [5.74, 6) is -0.609. The van der Waals surface area contributed by atoms with E-state index in [4.69, 9.17) is 11.5 Å². The first-order chi connectivity index (χ1) is 8.47. The molecule has 0 aliphatic heterocycles. The van der Waals surface area contributed by atoms with E-state index in [1.165, 1.54) is 10.9 Å². The van der Waals surface area contributed by atoms with Gasteiger partial charge in [-0.15, -0.1) is 0 Å². The molecule has 0 bridgehead atoms. The van der Waals surface area contributed by atoms with Crippen molar-refractivity contribution in [1.29, 1.82) is 0 Å². The monoisotopic (exact) mass is 251 g/mol. The molecular formula is C11H17N5O2. The van der Waals surface area contributed by atoms with Crippen molar-refractivity contribution < 1.29 is 9.59 Å². The summed E-state index contributed by atoms with van der Waals surface area (Å²) >= 11 is 0. The number of carbonyl (C=O) groups is 2. The molecule has 7 heteroatoms. The minimum absolute atomic E-state index is 0.00328. The Morgan fingerprint density at radius 2 is 2.22 bits per heavy atom. The minimum atomic E-state index is -0.480. The quantitative estimate of drug-likeness (QED) is 0.658. The van der Waals surface area contributed by atoms with E-state index in [0.29, 0.717) is 12.1 Å². The predicted molar refractivity (Wildman–Crippen MR) is 65.4 cm³/mol. The van der Waals surface area contributed by atoms with E-state index in [-0.39, 0.29) is 18.0 Å². The van der Waals surface area contributed by atoms with Gasteiger partial charge >= 0.3 is 0 Å². The number of hydrogen-bond acceptors (Lipinski definition) is 4. The van der Waals surface area contributed by atoms with Crippen molar-refractivity contribution in [2.45, 2.75) is 37.8 Å². The zero-order chi connectivity index (χ0) is 13.2. The first-order valence-electron chi connectivity index (χ1n) is 5.86. The number of anilines is 1. The Morgan fingerprint density at radius 3 is 2.78 bits per heavy atom. The number of carbonyl (C=O) groups excluding carboxylic acids is 2. The lowest BCUT2D eigenvalue weighted by atomic mass is 9.75. The first-order valence-corrected chi connectivity index (χ1v) is 5.86. The molecule has 7 nitrogen and oxygen atoms in total. The third kappa shape index (κ3) is 3.07. The van der Waals surface area contributed by atoms with Crippen molar-refractivity contribution in [1.82, 2.24) is 9.78 Å². The number of hydrogen-bond donors (Lipinski definition) is 3. The van der Waals surface area contributed by atoms with E-state index in [0.717, 1.165) is 19.3 Å². The summed E-state index contributed by atoms with van der Waals surface area (Å²) in [4.78, 5) is 22.4. The Kier molecular flexibility index (Phi) is 3.33. The van der Waals surface area contributed by atoms with Crippen LogP contribution >= 0.6 is 0 Å². The molecule has 98 valence electrons. The van der Waals surface area contributed by atoms with Crippen LogP contribution in [0.4, 0.5) is 5.69 Å². The van der Waals surface area contributed by atoms with Gasteiger partial charge in [0.25, 0.3) is 0 Å². The number of rotatable bonds is 5. The molecule has 1 aliphatic rings. The zero-order valence-electron chi connectivity index (χ0n) is 10.1. The molecule has 0 spiro atoms. The van der Waals surface area contributed by atoms with E-state index >= 15 is 0 Å². The van der Waals surface area contributed by atoms with Crippen LogP contribution in [0.5, 0.6) is 0 Å². The number of primary amides is 1. The molecule has 2 amide bonds. The maximum atomic E-state index is 11.7. The smallest absolute Gasteiger partial charge is 0.239 e. The van der Waals surface area contributed by atoms with E-state index in [1.807, 2.05) is 0 Å². The standard InChI is InChI=1S/C11H17N5O2/c12-9(17)7-16-6-8(5-14-16)15-10(18)4-11(13)2-1-3-11/h5-6H,1-4,7,13H2,(H2,12,17)(H,15,18). The maximum absolute atomic E-state index is 11.7. The average molecular weight is 251 g/mol. The average Bonchev–Trinajstić information content (AvgIpc) is 2.61. The molecule has 0 aromatic carbocycles. The lowest BCUT2D eigenvalue weighted by Crippen LogP contribution is -2.48. The highest BCUT2D eigenvalue weighted by Crippen LogP contribution is 2.32. The van der Waals surface area contributed by atoms with Crippen LogP contribution in [0.1, 0.15) is 25.7 Å². The fourth-order valence-electron chi connectivity index (χ4n) is 2.01. The molecule has 5 N–H and O–H groups in total. The summed E-state index contributed by atoms with van der Waals surface area (Å²) in [6, 6.07) is 0. The Bertz CT molecular complexity index is 464. The summed E-state index contributed by atoms with van der Waals surface area (Å²) in [6.45, 7) is -0.00328. The van der Waals surface area contributed by atoms with Crippen molar-refractivity contribution in [3.8, 4) is 0 Å². The fraction of sp³-hybridized carbons (Fsp3) is 0.545. The van der Waals surface area contributed by atoms with Crippen LogP contribution in [-0.4, -0.2) is 27.1 Å². The number of nitrogens with zero attached hydrogens (tertiary/aromatic N) is 2. The molecule has 18 heavy (non-hydrogen) atoms. The first kappa shape index (κ1) is 12.6. The van der Waals surface area contributed by atoms with Gasteiger partial charge in [-0.05, 0) is 19.3 Å². The van der Waals surface area contributed by atoms with Crippen molar-refractivity contribution in [3.63, 3.8) is 0 Å². The molecule has 2 rings (SSSR count). The third-order valence-corrected chi connectivity index (χ3v) is 3.10. The Balaban J connectivity index is 1.86. The summed E-state index contributed by atoms with van der Waals surface area (Å²) < 4.78 is 1.37. The van der Waals surface area contributed by atoms with Crippen LogP contribution in [0.15, 0.2) is 12.4 Å². The van der Waals surface area contributed by atoms with Crippen LogP contribution in [0.3, 0.4) is 0 Å². The molecule has 1 saturated carbocycles. The van der Waals surface area contributed by atoms with Gasteiger partial charge in [-0.1, -0.05) is 0 Å². The van der Waals surface area contributed by atoms with Crippen molar-refractivity contribution >= 4 is 17.5 Å². The second-order valence-electron chi connectivity index (χ2n) is 4.83. The predicted octanol–water partition coefficient (Wildman–Crippen LogP) is -0.422. The molecule has 0 saturated heterocycles. The van der Waals surface area contributed by atoms with E-state index < -0.39 is 5.91 Å². The molecule has 0 radical (unpaired) electrons. The summed E-state index contributed by atoms with van der Waals surface area (Å²) in [5.41, 5.74) is 11.2. The van der Waals surface area contributed by atoms with Gasteiger partial charge in [0.05, 0.1) is 11.9 Å². The van der Waals surface area contributed by atoms with Crippen molar-refractivity contribution in [2.24, 2.45) is 11.5 Å². The Labute approximate surface area is 105 Å². The van der Waals surface area contributed by atoms with Gasteiger partial charge in [0.15, 0.2) is 0 Å². The number of nitrogens with one attached hydrogen (secondary N) is 1. The molecule has 0 unspecified atom stereocenters. The topological polar surface area (TPSA) is 116 Å². The number of amides is 2. The van der Waals surface area contributed by atoms with Crippen LogP contribution < -0.4 is 16.8 Å².